The molecule has 19 heavy (non-hydrogen) atoms. The third-order valence-electron chi connectivity index (χ3n) is 2.92. The maximum atomic E-state index is 12.3. The van der Waals surface area contributed by atoms with Crippen LogP contribution in [0.5, 0.6) is 0 Å². The van der Waals surface area contributed by atoms with E-state index in [1.165, 1.54) is 6.92 Å². The van der Waals surface area contributed by atoms with Gasteiger partial charge in [-0.25, -0.2) is 13.2 Å². The number of nitrogens with one attached hydrogen (secondary N) is 1. The Morgan fingerprint density at radius 3 is 2.37 bits per heavy atom. The van der Waals surface area contributed by atoms with Gasteiger partial charge in [0.1, 0.15) is 4.90 Å². The number of aromatic amines is 1. The fourth-order valence-electron chi connectivity index (χ4n) is 1.94. The number of sulfonamides is 1. The first-order chi connectivity index (χ1) is 8.75. The summed E-state index contributed by atoms with van der Waals surface area (Å²) in [6.45, 7) is 0.815. The molecule has 106 valence electrons. The number of aromatic nitrogens is 2. The Morgan fingerprint density at radius 1 is 1.37 bits per heavy atom. The zero-order valence-corrected chi connectivity index (χ0v) is 10.8. The highest BCUT2D eigenvalue weighted by Crippen LogP contribution is 2.25. The molecule has 4 N–H and O–H groups in total. The highest BCUT2D eigenvalue weighted by atomic mass is 32.2. The molecule has 0 saturated carbocycles. The summed E-state index contributed by atoms with van der Waals surface area (Å²) in [6, 6.07) is 0. The second-order valence-corrected chi connectivity index (χ2v) is 6.16. The fraction of sp³-hybridized carbons (Fsp3) is 0.556. The van der Waals surface area contributed by atoms with Gasteiger partial charge in [-0.3, -0.25) is 5.10 Å². The molecule has 0 unspecified atom stereocenters. The van der Waals surface area contributed by atoms with Gasteiger partial charge >= 0.3 is 5.97 Å². The molecule has 0 bridgehead atoms. The van der Waals surface area contributed by atoms with E-state index in [0.717, 1.165) is 4.31 Å². The number of hydrogen-bond acceptors (Lipinski definition) is 6. The number of carboxylic acids is 1. The summed E-state index contributed by atoms with van der Waals surface area (Å²) in [6.07, 6.45) is -2.37. The lowest BCUT2D eigenvalue weighted by Crippen LogP contribution is -2.31. The lowest BCUT2D eigenvalue weighted by molar-refractivity contribution is 0.0572. The first-order valence-electron chi connectivity index (χ1n) is 5.39. The molecular formula is C9H13N3O6S. The number of β-amino-alcohol motifs (C(OH)–C–C–N with tert-alkyl or cyclic N) is 2. The van der Waals surface area contributed by atoms with Gasteiger partial charge < -0.3 is 15.3 Å². The van der Waals surface area contributed by atoms with Gasteiger partial charge in [0.05, 0.1) is 17.9 Å². The van der Waals surface area contributed by atoms with Gasteiger partial charge in [-0.1, -0.05) is 0 Å². The number of H-pyrrole nitrogens is 1. The van der Waals surface area contributed by atoms with Crippen LogP contribution in [0.1, 0.15) is 16.2 Å². The van der Waals surface area contributed by atoms with Crippen molar-refractivity contribution >= 4 is 16.0 Å². The zero-order valence-electron chi connectivity index (χ0n) is 9.94. The molecule has 1 aliphatic rings. The van der Waals surface area contributed by atoms with Crippen LogP contribution in [-0.4, -0.2) is 69.5 Å². The van der Waals surface area contributed by atoms with Gasteiger partial charge in [0, 0.05) is 13.1 Å². The number of aryl methyl sites for hydroxylation is 1. The second kappa shape index (κ2) is 4.56. The Morgan fingerprint density at radius 2 is 1.89 bits per heavy atom. The summed E-state index contributed by atoms with van der Waals surface area (Å²) in [5.41, 5.74) is -0.512. The van der Waals surface area contributed by atoms with Crippen LogP contribution in [0.3, 0.4) is 0 Å². The van der Waals surface area contributed by atoms with Crippen LogP contribution in [0.25, 0.3) is 0 Å². The molecular weight excluding hydrogens is 278 g/mol. The van der Waals surface area contributed by atoms with Crippen molar-refractivity contribution < 1.29 is 28.5 Å². The minimum atomic E-state index is -4.13. The molecule has 0 radical (unpaired) electrons. The molecule has 1 aromatic rings. The van der Waals surface area contributed by atoms with Gasteiger partial charge in [0.25, 0.3) is 0 Å². The van der Waals surface area contributed by atoms with Crippen molar-refractivity contribution in [1.29, 1.82) is 0 Å². The Hall–Kier alpha value is -1.49. The lowest BCUT2D eigenvalue weighted by Gasteiger charge is -2.15. The largest absolute Gasteiger partial charge is 0.476 e. The van der Waals surface area contributed by atoms with Crippen LogP contribution >= 0.6 is 0 Å². The molecule has 1 fully saturated rings. The molecule has 0 aliphatic carbocycles. The van der Waals surface area contributed by atoms with Crippen molar-refractivity contribution in [3.63, 3.8) is 0 Å². The van der Waals surface area contributed by atoms with Crippen LogP contribution in [0.4, 0.5) is 0 Å². The number of aliphatic hydroxyl groups is 2. The van der Waals surface area contributed by atoms with Crippen molar-refractivity contribution in [3.8, 4) is 0 Å². The average molecular weight is 291 g/mol. The van der Waals surface area contributed by atoms with E-state index in [-0.39, 0.29) is 18.8 Å². The molecule has 0 amide bonds. The van der Waals surface area contributed by atoms with Crippen LogP contribution in [-0.2, 0) is 10.0 Å². The Kier molecular flexibility index (Phi) is 3.34. The average Bonchev–Trinajstić information content (AvgIpc) is 2.84. The maximum absolute atomic E-state index is 12.3. The molecule has 0 spiro atoms. The number of carboxylic acid groups (broad SMARTS) is 1. The quantitative estimate of drug-likeness (QED) is 0.511. The number of nitrogens with zero attached hydrogens (tertiary/aromatic N) is 2. The summed E-state index contributed by atoms with van der Waals surface area (Å²) in [7, 11) is -4.13. The Balaban J connectivity index is 2.46. The van der Waals surface area contributed by atoms with Gasteiger partial charge in [0.2, 0.25) is 10.0 Å². The highest BCUT2D eigenvalue weighted by molar-refractivity contribution is 7.89. The number of aromatic carboxylic acids is 1. The van der Waals surface area contributed by atoms with Crippen molar-refractivity contribution in [2.24, 2.45) is 0 Å². The van der Waals surface area contributed by atoms with Gasteiger partial charge in [-0.2, -0.15) is 9.40 Å². The third-order valence-corrected chi connectivity index (χ3v) is 4.91. The smallest absolute Gasteiger partial charge is 0.357 e. The number of aliphatic hydroxyl groups excluding tert-OH is 2. The van der Waals surface area contributed by atoms with Crippen LogP contribution < -0.4 is 0 Å². The molecule has 10 heteroatoms. The number of hydrogen-bond donors (Lipinski definition) is 4. The molecule has 9 nitrogen and oxygen atoms in total. The minimum absolute atomic E-state index is 0.0910. The molecule has 1 aromatic heterocycles. The summed E-state index contributed by atoms with van der Waals surface area (Å²) in [5.74, 6) is -1.47. The standard InChI is InChI=1S/C9H13N3O6S/c1-4-8(7(9(15)16)11-10-4)19(17,18)12-2-5(13)6(14)3-12/h5-6,13-14H,2-3H2,1H3,(H,10,11)(H,15,16)/t5-,6+. The normalized spacial score (nSPS) is 24.8. The predicted molar refractivity (Wildman–Crippen MR) is 61.1 cm³/mol. The molecule has 2 heterocycles. The summed E-state index contributed by atoms with van der Waals surface area (Å²) < 4.78 is 25.5. The zero-order chi connectivity index (χ0) is 14.4. The molecule has 0 aromatic carbocycles. The first kappa shape index (κ1) is 13.9. The lowest BCUT2D eigenvalue weighted by atomic mass is 10.3. The maximum Gasteiger partial charge on any atom is 0.357 e. The minimum Gasteiger partial charge on any atom is -0.476 e. The van der Waals surface area contributed by atoms with E-state index in [1.54, 1.807) is 0 Å². The van der Waals surface area contributed by atoms with Crippen molar-refractivity contribution in [3.05, 3.63) is 11.4 Å². The van der Waals surface area contributed by atoms with Crippen molar-refractivity contribution in [2.75, 3.05) is 13.1 Å². The molecule has 2 rings (SSSR count). The molecule has 1 saturated heterocycles. The summed E-state index contributed by atoms with van der Waals surface area (Å²) in [4.78, 5) is 10.5. The van der Waals surface area contributed by atoms with Gasteiger partial charge in [-0.15, -0.1) is 0 Å². The number of carbonyl (C=O) groups is 1. The SMILES string of the molecule is Cc1[nH]nc(C(=O)O)c1S(=O)(=O)N1C[C@@H](O)[C@@H](O)C1. The monoisotopic (exact) mass is 291 g/mol. The topological polar surface area (TPSA) is 144 Å². The van der Waals surface area contributed by atoms with E-state index in [2.05, 4.69) is 10.2 Å². The second-order valence-electron chi connectivity index (χ2n) is 4.29. The predicted octanol–water partition coefficient (Wildman–Crippen LogP) is -1.86. The van der Waals surface area contributed by atoms with Crippen LogP contribution in [0.15, 0.2) is 4.90 Å². The fourth-order valence-corrected chi connectivity index (χ4v) is 3.71. The van der Waals surface area contributed by atoms with E-state index in [0.29, 0.717) is 0 Å². The highest BCUT2D eigenvalue weighted by Gasteiger charge is 2.40. The van der Waals surface area contributed by atoms with Crippen molar-refractivity contribution in [1.82, 2.24) is 14.5 Å². The van der Waals surface area contributed by atoms with E-state index in [4.69, 9.17) is 5.11 Å². The van der Waals surface area contributed by atoms with Crippen LogP contribution in [0.2, 0.25) is 0 Å². The van der Waals surface area contributed by atoms with E-state index in [1.807, 2.05) is 0 Å². The van der Waals surface area contributed by atoms with Gasteiger partial charge in [0.15, 0.2) is 5.69 Å². The molecule has 1 aliphatic heterocycles. The van der Waals surface area contributed by atoms with Crippen molar-refractivity contribution in [2.45, 2.75) is 24.0 Å². The Bertz CT molecular complexity index is 599. The van der Waals surface area contributed by atoms with E-state index >= 15 is 0 Å². The molecule has 2 atom stereocenters. The van der Waals surface area contributed by atoms with E-state index in [9.17, 15) is 23.4 Å². The Labute approximate surface area is 108 Å². The van der Waals surface area contributed by atoms with Crippen LogP contribution in [0, 0.1) is 6.92 Å². The van der Waals surface area contributed by atoms with E-state index < -0.39 is 38.8 Å². The summed E-state index contributed by atoms with van der Waals surface area (Å²) in [5, 5.41) is 33.4. The third kappa shape index (κ3) is 2.23. The first-order valence-corrected chi connectivity index (χ1v) is 6.83. The number of rotatable bonds is 3. The summed E-state index contributed by atoms with van der Waals surface area (Å²) >= 11 is 0. The van der Waals surface area contributed by atoms with Gasteiger partial charge in [-0.05, 0) is 6.92 Å².